The molecule has 0 saturated heterocycles. The van der Waals surface area contributed by atoms with E-state index in [-0.39, 0.29) is 0 Å². The molecule has 0 amide bonds. The van der Waals surface area contributed by atoms with E-state index in [1.165, 1.54) is 0 Å². The van der Waals surface area contributed by atoms with Gasteiger partial charge >= 0.3 is 12.0 Å². The van der Waals surface area contributed by atoms with Crippen molar-refractivity contribution in [3.05, 3.63) is 40.4 Å². The van der Waals surface area contributed by atoms with E-state index in [1.807, 2.05) is 12.1 Å². The van der Waals surface area contributed by atoms with E-state index < -0.39 is 12.0 Å². The van der Waals surface area contributed by atoms with Gasteiger partial charge in [0.25, 0.3) is 0 Å². The summed E-state index contributed by atoms with van der Waals surface area (Å²) in [6.45, 7) is 0. The molecule has 24 heavy (non-hydrogen) atoms. The number of hydrogen-bond donors (Lipinski definition) is 1. The summed E-state index contributed by atoms with van der Waals surface area (Å²) in [5.74, 6) is -0.863. The van der Waals surface area contributed by atoms with Crippen LogP contribution in [0, 0.1) is 0 Å². The van der Waals surface area contributed by atoms with Gasteiger partial charge in [0.15, 0.2) is 0 Å². The monoisotopic (exact) mass is 426 g/mol. The quantitative estimate of drug-likeness (QED) is 0.175. The van der Waals surface area contributed by atoms with E-state index in [0.29, 0.717) is 23.1 Å². The molecule has 7 heteroatoms. The topological polar surface area (TPSA) is 37.3 Å². The first kappa shape index (κ1) is 21.8. The molecule has 1 rings (SSSR count). The third-order valence-electron chi connectivity index (χ3n) is 3.64. The first-order valence-corrected chi connectivity index (χ1v) is 13.7. The Morgan fingerprint density at radius 1 is 0.958 bits per heavy atom. The highest BCUT2D eigenvalue weighted by Gasteiger charge is 2.23. The molecule has 2 nitrogen and oxygen atoms in total. The van der Waals surface area contributed by atoms with Crippen LogP contribution >= 0.6 is 44.8 Å². The number of carboxylic acids is 1. The normalized spacial score (nSPS) is 12.4. The summed E-state index contributed by atoms with van der Waals surface area (Å²) >= 11 is 23.3. The highest BCUT2D eigenvalue weighted by atomic mass is 35.8. The van der Waals surface area contributed by atoms with Crippen molar-refractivity contribution < 1.29 is 9.90 Å². The number of unbranched alkanes of at least 4 members (excludes halogenated alkanes) is 5. The fourth-order valence-electron chi connectivity index (χ4n) is 2.35. The van der Waals surface area contributed by atoms with Crippen LogP contribution in [0.4, 0.5) is 0 Å². The summed E-state index contributed by atoms with van der Waals surface area (Å²) < 4.78 is 0. The fourth-order valence-corrected chi connectivity index (χ4v) is 4.33. The van der Waals surface area contributed by atoms with Gasteiger partial charge < -0.3 is 5.11 Å². The van der Waals surface area contributed by atoms with Crippen molar-refractivity contribution in [1.82, 2.24) is 0 Å². The Bertz CT molecular complexity index is 539. The molecule has 0 saturated carbocycles. The zero-order valence-electron chi connectivity index (χ0n) is 13.4. The Morgan fingerprint density at radius 3 is 2.04 bits per heavy atom. The Morgan fingerprint density at radius 2 is 1.50 bits per heavy atom. The second kappa shape index (κ2) is 11.4. The molecular formula is C17H22Cl4O2Si. The van der Waals surface area contributed by atoms with Gasteiger partial charge in [-0.3, -0.25) is 0 Å². The number of aliphatic carboxylic acids is 1. The van der Waals surface area contributed by atoms with Crippen molar-refractivity contribution in [2.75, 3.05) is 0 Å². The lowest BCUT2D eigenvalue weighted by Gasteiger charge is -2.07. The number of hydrogen-bond acceptors (Lipinski definition) is 1. The second-order valence-corrected chi connectivity index (χ2v) is 15.5. The van der Waals surface area contributed by atoms with Crippen LogP contribution in [0.3, 0.4) is 0 Å². The molecule has 0 heterocycles. The van der Waals surface area contributed by atoms with E-state index in [2.05, 4.69) is 0 Å². The molecule has 1 aromatic carbocycles. The number of rotatable bonds is 11. The van der Waals surface area contributed by atoms with Crippen molar-refractivity contribution >= 4 is 62.9 Å². The van der Waals surface area contributed by atoms with Crippen LogP contribution < -0.4 is 0 Å². The minimum absolute atomic E-state index is 0.430. The van der Waals surface area contributed by atoms with Crippen molar-refractivity contribution in [3.8, 4) is 0 Å². The van der Waals surface area contributed by atoms with Crippen LogP contribution in [0.5, 0.6) is 0 Å². The van der Waals surface area contributed by atoms with Crippen LogP contribution in [0.25, 0.3) is 6.08 Å². The Kier molecular flexibility index (Phi) is 10.4. The molecule has 0 aliphatic rings. The molecule has 0 atom stereocenters. The standard InChI is InChI=1S/C17H22Cl4O2Si/c18-16-10-8-14(9-11-16)13-15(17(22)23)7-5-3-1-2-4-6-12-24(19,20)21/h8-11,13H,1-7,12H2,(H,22,23)/b15-13+. The fraction of sp³-hybridized carbons (Fsp3) is 0.471. The van der Waals surface area contributed by atoms with Crippen molar-refractivity contribution in [1.29, 1.82) is 0 Å². The summed E-state index contributed by atoms with van der Waals surface area (Å²) in [7, 11) is 0. The summed E-state index contributed by atoms with van der Waals surface area (Å²) in [5, 5.41) is 9.95. The van der Waals surface area contributed by atoms with Gasteiger partial charge in [-0.2, -0.15) is 0 Å². The predicted octanol–water partition coefficient (Wildman–Crippen LogP) is 7.19. The molecule has 0 aromatic heterocycles. The zero-order chi connectivity index (χ0) is 18.0. The lowest BCUT2D eigenvalue weighted by Crippen LogP contribution is -2.07. The van der Waals surface area contributed by atoms with Gasteiger partial charge in [-0.05, 0) is 42.7 Å². The van der Waals surface area contributed by atoms with Crippen LogP contribution in [0.15, 0.2) is 29.8 Å². The smallest absolute Gasteiger partial charge is 0.341 e. The van der Waals surface area contributed by atoms with Gasteiger partial charge in [-0.25, -0.2) is 4.79 Å². The van der Waals surface area contributed by atoms with E-state index in [1.54, 1.807) is 18.2 Å². The van der Waals surface area contributed by atoms with Crippen molar-refractivity contribution in [2.24, 2.45) is 0 Å². The maximum atomic E-state index is 11.3. The predicted molar refractivity (Wildman–Crippen MR) is 108 cm³/mol. The Labute approximate surface area is 163 Å². The van der Waals surface area contributed by atoms with Crippen LogP contribution in [-0.4, -0.2) is 17.1 Å². The Hall–Kier alpha value is -0.193. The average Bonchev–Trinajstić information content (AvgIpc) is 2.49. The first-order chi connectivity index (χ1) is 11.3. The van der Waals surface area contributed by atoms with Gasteiger partial charge in [0.1, 0.15) is 0 Å². The van der Waals surface area contributed by atoms with E-state index in [0.717, 1.165) is 44.1 Å². The third kappa shape index (κ3) is 10.6. The molecule has 0 unspecified atom stereocenters. The second-order valence-electron chi connectivity index (χ2n) is 5.76. The molecule has 134 valence electrons. The van der Waals surface area contributed by atoms with Gasteiger partial charge in [-0.15, -0.1) is 33.2 Å². The summed E-state index contributed by atoms with van der Waals surface area (Å²) in [6, 6.07) is 5.40. The molecule has 0 aliphatic heterocycles. The van der Waals surface area contributed by atoms with Crippen LogP contribution in [0.2, 0.25) is 11.1 Å². The summed E-state index contributed by atoms with van der Waals surface area (Å²) in [5.41, 5.74) is 1.28. The highest BCUT2D eigenvalue weighted by molar-refractivity contribution is 7.64. The molecule has 0 spiro atoms. The van der Waals surface area contributed by atoms with E-state index in [4.69, 9.17) is 44.8 Å². The molecule has 1 N–H and O–H groups in total. The average molecular weight is 428 g/mol. The van der Waals surface area contributed by atoms with Gasteiger partial charge in [0.05, 0.1) is 0 Å². The SMILES string of the molecule is O=C(O)/C(=C/c1ccc(Cl)cc1)CCCCCCCC[Si](Cl)(Cl)Cl. The number of carboxylic acid groups (broad SMARTS) is 1. The van der Waals surface area contributed by atoms with Gasteiger partial charge in [-0.1, -0.05) is 55.8 Å². The molecule has 0 fully saturated rings. The lowest BCUT2D eigenvalue weighted by molar-refractivity contribution is -0.132. The van der Waals surface area contributed by atoms with Gasteiger partial charge in [0, 0.05) is 10.6 Å². The number of benzene rings is 1. The zero-order valence-corrected chi connectivity index (χ0v) is 17.4. The first-order valence-electron chi connectivity index (χ1n) is 8.04. The van der Waals surface area contributed by atoms with Crippen LogP contribution in [0.1, 0.15) is 50.5 Å². The summed E-state index contributed by atoms with van der Waals surface area (Å²) in [4.78, 5) is 11.3. The molecule has 1 aromatic rings. The molecular weight excluding hydrogens is 406 g/mol. The van der Waals surface area contributed by atoms with Crippen LogP contribution in [-0.2, 0) is 4.79 Å². The molecule has 0 bridgehead atoms. The highest BCUT2D eigenvalue weighted by Crippen LogP contribution is 2.27. The minimum Gasteiger partial charge on any atom is -0.478 e. The number of carbonyl (C=O) groups is 1. The molecule has 0 radical (unpaired) electrons. The largest absolute Gasteiger partial charge is 0.478 e. The minimum atomic E-state index is -2.47. The lowest BCUT2D eigenvalue weighted by atomic mass is 10.0. The maximum absolute atomic E-state index is 11.3. The van der Waals surface area contributed by atoms with Gasteiger partial charge in [0.2, 0.25) is 0 Å². The Balaban J connectivity index is 2.27. The van der Waals surface area contributed by atoms with Crippen molar-refractivity contribution in [3.63, 3.8) is 0 Å². The molecule has 0 aliphatic carbocycles. The summed E-state index contributed by atoms with van der Waals surface area (Å²) in [6.07, 6.45) is 8.35. The number of halogens is 4. The van der Waals surface area contributed by atoms with E-state index in [9.17, 15) is 9.90 Å². The van der Waals surface area contributed by atoms with Crippen molar-refractivity contribution in [2.45, 2.75) is 51.0 Å². The van der Waals surface area contributed by atoms with E-state index >= 15 is 0 Å². The third-order valence-corrected chi connectivity index (χ3v) is 6.52. The maximum Gasteiger partial charge on any atom is 0.341 e.